The van der Waals surface area contributed by atoms with E-state index in [-0.39, 0.29) is 0 Å². The number of imidazole rings is 1. The lowest BCUT2D eigenvalue weighted by Crippen LogP contribution is -2.01. The van der Waals surface area contributed by atoms with Crippen molar-refractivity contribution in [2.45, 2.75) is 18.4 Å². The third kappa shape index (κ3) is 3.26. The van der Waals surface area contributed by atoms with Gasteiger partial charge in [-0.25, -0.2) is 4.98 Å². The second-order valence-corrected chi connectivity index (χ2v) is 5.75. The molecule has 90 valence electrons. The predicted octanol–water partition coefficient (Wildman–Crippen LogP) is 3.33. The second-order valence-electron chi connectivity index (χ2n) is 3.70. The van der Waals surface area contributed by atoms with Gasteiger partial charge in [0.25, 0.3) is 0 Å². The van der Waals surface area contributed by atoms with Crippen LogP contribution < -0.4 is 5.73 Å². The molecule has 0 saturated heterocycles. The molecule has 0 aliphatic rings. The fraction of sp³-hybridized carbons (Fsp3) is 0.250. The Bertz CT molecular complexity index is 510. The highest BCUT2D eigenvalue weighted by Gasteiger charge is 2.02. The summed E-state index contributed by atoms with van der Waals surface area (Å²) in [6.07, 6.45) is 3.83. The van der Waals surface area contributed by atoms with Gasteiger partial charge in [-0.15, -0.1) is 11.8 Å². The minimum atomic E-state index is 0.826. The number of thioether (sulfide) groups is 1. The van der Waals surface area contributed by atoms with Crippen molar-refractivity contribution in [3.8, 4) is 0 Å². The fourth-order valence-electron chi connectivity index (χ4n) is 1.54. The molecule has 3 nitrogen and oxygen atoms in total. The van der Waals surface area contributed by atoms with E-state index in [1.54, 1.807) is 11.8 Å². The first-order valence-electron chi connectivity index (χ1n) is 5.32. The number of aryl methyl sites for hydroxylation is 2. The minimum absolute atomic E-state index is 0.826. The van der Waals surface area contributed by atoms with Gasteiger partial charge in [0, 0.05) is 39.7 Å². The summed E-state index contributed by atoms with van der Waals surface area (Å²) >= 11 is 5.17. The molecule has 2 N–H and O–H groups in total. The van der Waals surface area contributed by atoms with Crippen molar-refractivity contribution >= 4 is 33.4 Å². The van der Waals surface area contributed by atoms with Gasteiger partial charge in [0.05, 0.1) is 0 Å². The molecule has 1 heterocycles. The monoisotopic (exact) mass is 311 g/mol. The Balaban J connectivity index is 1.92. The van der Waals surface area contributed by atoms with Crippen molar-refractivity contribution in [2.75, 3.05) is 11.5 Å². The standard InChI is InChI=1S/C12H14BrN3S/c1-9-15-4-5-16(9)6-7-17-12-3-2-10(13)8-11(12)14/h2-5,8H,6-7,14H2,1H3. The van der Waals surface area contributed by atoms with Crippen molar-refractivity contribution < 1.29 is 0 Å². The van der Waals surface area contributed by atoms with Crippen LogP contribution in [-0.4, -0.2) is 15.3 Å². The number of nitrogen functional groups attached to an aromatic ring is 1. The van der Waals surface area contributed by atoms with E-state index >= 15 is 0 Å². The lowest BCUT2D eigenvalue weighted by atomic mass is 10.3. The quantitative estimate of drug-likeness (QED) is 0.696. The lowest BCUT2D eigenvalue weighted by molar-refractivity contribution is 0.738. The van der Waals surface area contributed by atoms with Gasteiger partial charge < -0.3 is 10.3 Å². The van der Waals surface area contributed by atoms with E-state index in [0.29, 0.717) is 0 Å². The van der Waals surface area contributed by atoms with Crippen LogP contribution in [0, 0.1) is 6.92 Å². The maximum absolute atomic E-state index is 5.94. The zero-order chi connectivity index (χ0) is 12.3. The van der Waals surface area contributed by atoms with Crippen LogP contribution >= 0.6 is 27.7 Å². The second kappa shape index (κ2) is 5.60. The first kappa shape index (κ1) is 12.5. The number of nitrogens with two attached hydrogens (primary N) is 1. The van der Waals surface area contributed by atoms with Gasteiger partial charge in [-0.3, -0.25) is 0 Å². The van der Waals surface area contributed by atoms with E-state index in [9.17, 15) is 0 Å². The average Bonchev–Trinajstić information content (AvgIpc) is 2.68. The largest absolute Gasteiger partial charge is 0.398 e. The zero-order valence-corrected chi connectivity index (χ0v) is 12.0. The maximum atomic E-state index is 5.94. The number of aromatic nitrogens is 2. The number of halogens is 1. The van der Waals surface area contributed by atoms with Crippen LogP contribution in [0.3, 0.4) is 0 Å². The zero-order valence-electron chi connectivity index (χ0n) is 9.56. The summed E-state index contributed by atoms with van der Waals surface area (Å²) in [4.78, 5) is 5.32. The molecule has 0 unspecified atom stereocenters. The van der Waals surface area contributed by atoms with E-state index in [1.165, 1.54) is 0 Å². The number of anilines is 1. The summed E-state index contributed by atoms with van der Waals surface area (Å²) in [5, 5.41) is 0. The van der Waals surface area contributed by atoms with Gasteiger partial charge in [-0.2, -0.15) is 0 Å². The van der Waals surface area contributed by atoms with E-state index in [1.807, 2.05) is 37.5 Å². The number of hydrogen-bond donors (Lipinski definition) is 1. The molecule has 0 spiro atoms. The normalized spacial score (nSPS) is 10.7. The van der Waals surface area contributed by atoms with Gasteiger partial charge in [-0.05, 0) is 25.1 Å². The molecular weight excluding hydrogens is 298 g/mol. The van der Waals surface area contributed by atoms with Gasteiger partial charge in [0.15, 0.2) is 0 Å². The first-order chi connectivity index (χ1) is 8.16. The van der Waals surface area contributed by atoms with Crippen LogP contribution in [0.1, 0.15) is 5.82 Å². The SMILES string of the molecule is Cc1nccn1CCSc1ccc(Br)cc1N. The third-order valence-corrected chi connectivity index (χ3v) is 4.05. The van der Waals surface area contributed by atoms with E-state index in [2.05, 4.69) is 25.5 Å². The summed E-state index contributed by atoms with van der Waals surface area (Å²) in [5.41, 5.74) is 6.77. The number of benzene rings is 1. The molecule has 5 heteroatoms. The Morgan fingerprint density at radius 1 is 1.47 bits per heavy atom. The average molecular weight is 312 g/mol. The fourth-order valence-corrected chi connectivity index (χ4v) is 2.82. The van der Waals surface area contributed by atoms with Gasteiger partial charge in [0.1, 0.15) is 5.82 Å². The lowest BCUT2D eigenvalue weighted by Gasteiger charge is -2.07. The number of rotatable bonds is 4. The molecule has 0 radical (unpaired) electrons. The molecule has 1 aromatic carbocycles. The summed E-state index contributed by atoms with van der Waals surface area (Å²) < 4.78 is 3.16. The van der Waals surface area contributed by atoms with Crippen molar-refractivity contribution in [2.24, 2.45) is 0 Å². The highest BCUT2D eigenvalue weighted by atomic mass is 79.9. The minimum Gasteiger partial charge on any atom is -0.398 e. The molecule has 0 fully saturated rings. The van der Waals surface area contributed by atoms with Crippen LogP contribution in [0.15, 0.2) is 40.0 Å². The number of nitrogens with zero attached hydrogens (tertiary/aromatic N) is 2. The Morgan fingerprint density at radius 2 is 2.29 bits per heavy atom. The summed E-state index contributed by atoms with van der Waals surface area (Å²) in [5.74, 6) is 2.04. The van der Waals surface area contributed by atoms with Crippen molar-refractivity contribution in [1.82, 2.24) is 9.55 Å². The Kier molecular flexibility index (Phi) is 4.12. The Morgan fingerprint density at radius 3 is 2.94 bits per heavy atom. The molecule has 0 amide bonds. The molecule has 2 aromatic rings. The topological polar surface area (TPSA) is 43.8 Å². The van der Waals surface area contributed by atoms with Crippen molar-refractivity contribution in [3.05, 3.63) is 40.9 Å². The van der Waals surface area contributed by atoms with E-state index < -0.39 is 0 Å². The molecule has 0 aliphatic heterocycles. The predicted molar refractivity (Wildman–Crippen MR) is 76.2 cm³/mol. The van der Waals surface area contributed by atoms with Crippen LogP contribution in [0.25, 0.3) is 0 Å². The van der Waals surface area contributed by atoms with Crippen LogP contribution in [-0.2, 0) is 6.54 Å². The van der Waals surface area contributed by atoms with Crippen molar-refractivity contribution in [3.63, 3.8) is 0 Å². The van der Waals surface area contributed by atoms with Gasteiger partial charge in [0.2, 0.25) is 0 Å². The van der Waals surface area contributed by atoms with Crippen LogP contribution in [0.4, 0.5) is 5.69 Å². The molecule has 0 saturated carbocycles. The van der Waals surface area contributed by atoms with E-state index in [0.717, 1.165) is 33.2 Å². The molecule has 0 aliphatic carbocycles. The van der Waals surface area contributed by atoms with Crippen molar-refractivity contribution in [1.29, 1.82) is 0 Å². The summed E-state index contributed by atoms with van der Waals surface area (Å²) in [7, 11) is 0. The highest BCUT2D eigenvalue weighted by molar-refractivity contribution is 9.10. The molecule has 0 atom stereocenters. The molecule has 17 heavy (non-hydrogen) atoms. The highest BCUT2D eigenvalue weighted by Crippen LogP contribution is 2.27. The summed E-state index contributed by atoms with van der Waals surface area (Å²) in [6, 6.07) is 6.00. The maximum Gasteiger partial charge on any atom is 0.105 e. The van der Waals surface area contributed by atoms with E-state index in [4.69, 9.17) is 5.73 Å². The Labute approximate surface area is 114 Å². The molecule has 0 bridgehead atoms. The molecular formula is C12H14BrN3S. The number of hydrogen-bond acceptors (Lipinski definition) is 3. The van der Waals surface area contributed by atoms with Crippen LogP contribution in [0.5, 0.6) is 0 Å². The summed E-state index contributed by atoms with van der Waals surface area (Å²) in [6.45, 7) is 2.96. The molecule has 2 rings (SSSR count). The van der Waals surface area contributed by atoms with Gasteiger partial charge >= 0.3 is 0 Å². The third-order valence-electron chi connectivity index (χ3n) is 2.49. The first-order valence-corrected chi connectivity index (χ1v) is 7.10. The van der Waals surface area contributed by atoms with Crippen LogP contribution in [0.2, 0.25) is 0 Å². The smallest absolute Gasteiger partial charge is 0.105 e. The Hall–Kier alpha value is -0.940. The molecule has 1 aromatic heterocycles. The van der Waals surface area contributed by atoms with Gasteiger partial charge in [-0.1, -0.05) is 15.9 Å².